The largest absolute Gasteiger partial charge is 0.352 e. The van der Waals surface area contributed by atoms with Gasteiger partial charge in [0.25, 0.3) is 0 Å². The second-order valence-corrected chi connectivity index (χ2v) is 6.65. The van der Waals surface area contributed by atoms with Crippen molar-refractivity contribution in [2.24, 2.45) is 23.5 Å². The molecular formula is C18H23Cl2N3O. The van der Waals surface area contributed by atoms with E-state index < -0.39 is 0 Å². The van der Waals surface area contributed by atoms with Gasteiger partial charge in [-0.25, -0.2) is 0 Å². The van der Waals surface area contributed by atoms with Crippen molar-refractivity contribution in [3.05, 3.63) is 42.1 Å². The Balaban J connectivity index is 0.00000104. The summed E-state index contributed by atoms with van der Waals surface area (Å²) in [4.78, 5) is 17.0. The smallest absolute Gasteiger partial charge is 0.225 e. The summed E-state index contributed by atoms with van der Waals surface area (Å²) in [6.07, 6.45) is 5.28. The highest BCUT2D eigenvalue weighted by Crippen LogP contribution is 2.47. The van der Waals surface area contributed by atoms with Crippen LogP contribution in [0, 0.1) is 17.8 Å². The van der Waals surface area contributed by atoms with E-state index >= 15 is 0 Å². The summed E-state index contributed by atoms with van der Waals surface area (Å²) in [5.41, 5.74) is 8.27. The van der Waals surface area contributed by atoms with Crippen LogP contribution in [0.25, 0.3) is 10.9 Å². The van der Waals surface area contributed by atoms with Gasteiger partial charge in [-0.2, -0.15) is 0 Å². The first-order chi connectivity index (χ1) is 10.7. The zero-order valence-electron chi connectivity index (χ0n) is 13.4. The quantitative estimate of drug-likeness (QED) is 0.875. The number of amides is 1. The Labute approximate surface area is 154 Å². The fourth-order valence-electron chi connectivity index (χ4n) is 4.34. The Hall–Kier alpha value is -1.36. The van der Waals surface area contributed by atoms with Gasteiger partial charge in [0, 0.05) is 24.2 Å². The first kappa shape index (κ1) is 19.0. The summed E-state index contributed by atoms with van der Waals surface area (Å²) in [6.45, 7) is 0.522. The van der Waals surface area contributed by atoms with E-state index in [1.165, 1.54) is 6.42 Å². The molecule has 4 unspecified atom stereocenters. The van der Waals surface area contributed by atoms with E-state index in [-0.39, 0.29) is 42.7 Å². The average molecular weight is 368 g/mol. The highest BCUT2D eigenvalue weighted by atomic mass is 35.5. The monoisotopic (exact) mass is 367 g/mol. The van der Waals surface area contributed by atoms with Gasteiger partial charge in [-0.1, -0.05) is 24.3 Å². The maximum atomic E-state index is 12.5. The molecule has 2 bridgehead atoms. The summed E-state index contributed by atoms with van der Waals surface area (Å²) in [7, 11) is 0. The van der Waals surface area contributed by atoms with Gasteiger partial charge >= 0.3 is 0 Å². The molecule has 4 atom stereocenters. The summed E-state index contributed by atoms with van der Waals surface area (Å²) in [5.74, 6) is 1.17. The molecule has 0 radical (unpaired) electrons. The molecule has 1 aromatic heterocycles. The number of hydrogen-bond acceptors (Lipinski definition) is 3. The van der Waals surface area contributed by atoms with Gasteiger partial charge in [-0.3, -0.25) is 9.78 Å². The van der Waals surface area contributed by atoms with Crippen LogP contribution in [0.1, 0.15) is 24.8 Å². The number of carbonyl (C=O) groups excluding carboxylic acids is 1. The zero-order valence-corrected chi connectivity index (χ0v) is 15.0. The van der Waals surface area contributed by atoms with Crippen LogP contribution in [0.4, 0.5) is 0 Å². The van der Waals surface area contributed by atoms with Gasteiger partial charge in [-0.15, -0.1) is 24.8 Å². The van der Waals surface area contributed by atoms with Crippen molar-refractivity contribution in [1.82, 2.24) is 10.3 Å². The molecule has 1 heterocycles. The minimum Gasteiger partial charge on any atom is -0.352 e. The minimum absolute atomic E-state index is 0. The van der Waals surface area contributed by atoms with Gasteiger partial charge in [0.1, 0.15) is 0 Å². The van der Waals surface area contributed by atoms with Crippen LogP contribution in [-0.4, -0.2) is 16.9 Å². The molecule has 6 heteroatoms. The van der Waals surface area contributed by atoms with Gasteiger partial charge in [0.2, 0.25) is 5.91 Å². The van der Waals surface area contributed by atoms with E-state index in [2.05, 4.69) is 10.3 Å². The third-order valence-electron chi connectivity index (χ3n) is 5.45. The van der Waals surface area contributed by atoms with Crippen LogP contribution in [0.2, 0.25) is 0 Å². The van der Waals surface area contributed by atoms with Crippen molar-refractivity contribution >= 4 is 41.6 Å². The fourth-order valence-corrected chi connectivity index (χ4v) is 4.34. The van der Waals surface area contributed by atoms with Crippen LogP contribution in [0.5, 0.6) is 0 Å². The Bertz CT molecular complexity index is 717. The first-order valence-electron chi connectivity index (χ1n) is 8.10. The van der Waals surface area contributed by atoms with Crippen molar-refractivity contribution in [3.63, 3.8) is 0 Å². The van der Waals surface area contributed by atoms with Crippen LogP contribution in [0.3, 0.4) is 0 Å². The Morgan fingerprint density at radius 3 is 2.67 bits per heavy atom. The lowest BCUT2D eigenvalue weighted by Crippen LogP contribution is -2.45. The Morgan fingerprint density at radius 1 is 1.17 bits per heavy atom. The molecule has 1 amide bonds. The van der Waals surface area contributed by atoms with Crippen molar-refractivity contribution < 1.29 is 4.79 Å². The van der Waals surface area contributed by atoms with E-state index in [1.807, 2.05) is 30.3 Å². The number of nitrogens with two attached hydrogens (primary N) is 1. The molecule has 4 rings (SSSR count). The molecule has 130 valence electrons. The summed E-state index contributed by atoms with van der Waals surface area (Å²) < 4.78 is 0. The molecule has 0 spiro atoms. The van der Waals surface area contributed by atoms with Crippen LogP contribution in [-0.2, 0) is 11.3 Å². The third-order valence-corrected chi connectivity index (χ3v) is 5.45. The number of para-hydroxylation sites is 1. The maximum absolute atomic E-state index is 12.5. The second-order valence-electron chi connectivity index (χ2n) is 6.65. The number of nitrogens with one attached hydrogen (secondary N) is 1. The number of pyridine rings is 1. The normalized spacial score (nSPS) is 27.4. The number of benzene rings is 1. The summed E-state index contributed by atoms with van der Waals surface area (Å²) in [6, 6.07) is 10.1. The van der Waals surface area contributed by atoms with E-state index in [1.54, 1.807) is 6.20 Å². The molecule has 24 heavy (non-hydrogen) atoms. The third kappa shape index (κ3) is 3.23. The van der Waals surface area contributed by atoms with E-state index in [9.17, 15) is 4.79 Å². The number of fused-ring (bicyclic) bond motifs is 3. The molecule has 1 aromatic carbocycles. The molecule has 4 nitrogen and oxygen atoms in total. The summed E-state index contributed by atoms with van der Waals surface area (Å²) >= 11 is 0. The van der Waals surface area contributed by atoms with Crippen molar-refractivity contribution in [2.75, 3.05) is 0 Å². The average Bonchev–Trinajstić information content (AvgIpc) is 3.13. The second kappa shape index (κ2) is 7.68. The highest BCUT2D eigenvalue weighted by molar-refractivity contribution is 5.86. The number of rotatable bonds is 3. The predicted molar refractivity (Wildman–Crippen MR) is 100 cm³/mol. The lowest BCUT2D eigenvalue weighted by Gasteiger charge is -2.27. The summed E-state index contributed by atoms with van der Waals surface area (Å²) in [5, 5.41) is 4.19. The minimum atomic E-state index is 0. The zero-order chi connectivity index (χ0) is 15.1. The molecule has 0 saturated heterocycles. The molecule has 2 saturated carbocycles. The van der Waals surface area contributed by atoms with Crippen molar-refractivity contribution in [1.29, 1.82) is 0 Å². The fraction of sp³-hybridized carbons (Fsp3) is 0.444. The maximum Gasteiger partial charge on any atom is 0.225 e. The van der Waals surface area contributed by atoms with Gasteiger partial charge in [0.15, 0.2) is 0 Å². The number of hydrogen-bond donors (Lipinski definition) is 2. The van der Waals surface area contributed by atoms with Gasteiger partial charge in [0.05, 0.1) is 11.4 Å². The lowest BCUT2D eigenvalue weighted by molar-refractivity contribution is -0.127. The molecule has 3 N–H and O–H groups in total. The van der Waals surface area contributed by atoms with E-state index in [0.29, 0.717) is 18.4 Å². The molecule has 2 aromatic rings. The van der Waals surface area contributed by atoms with E-state index in [0.717, 1.165) is 29.3 Å². The SMILES string of the molecule is Cl.Cl.NC1C2CCC(C2)C1C(=O)NCc1cccc2cccnc12. The molecule has 0 aliphatic heterocycles. The van der Waals surface area contributed by atoms with Gasteiger partial charge in [-0.05, 0) is 42.7 Å². The van der Waals surface area contributed by atoms with Crippen molar-refractivity contribution in [3.8, 4) is 0 Å². The Kier molecular flexibility index (Phi) is 6.07. The lowest BCUT2D eigenvalue weighted by atomic mass is 9.84. The van der Waals surface area contributed by atoms with E-state index in [4.69, 9.17) is 5.73 Å². The number of carbonyl (C=O) groups is 1. The molecular weight excluding hydrogens is 345 g/mol. The number of aromatic nitrogens is 1. The highest BCUT2D eigenvalue weighted by Gasteiger charge is 2.48. The topological polar surface area (TPSA) is 68.0 Å². The van der Waals surface area contributed by atoms with Gasteiger partial charge < -0.3 is 11.1 Å². The Morgan fingerprint density at radius 2 is 1.92 bits per heavy atom. The number of nitrogens with zero attached hydrogens (tertiary/aromatic N) is 1. The molecule has 2 aliphatic carbocycles. The standard InChI is InChI=1S/C18H21N3O.2ClH/c19-16-13-7-6-12(9-13)15(16)18(22)21-10-14-4-1-3-11-5-2-8-20-17(11)14;;/h1-5,8,12-13,15-16H,6-7,9-10,19H2,(H,21,22);2*1H. The predicted octanol–water partition coefficient (Wildman–Crippen LogP) is 3.07. The number of halogens is 2. The van der Waals surface area contributed by atoms with Crippen LogP contribution >= 0.6 is 24.8 Å². The van der Waals surface area contributed by atoms with Crippen molar-refractivity contribution in [2.45, 2.75) is 31.8 Å². The molecule has 2 aliphatic rings. The van der Waals surface area contributed by atoms with Crippen LogP contribution in [0.15, 0.2) is 36.5 Å². The van der Waals surface area contributed by atoms with Crippen LogP contribution < -0.4 is 11.1 Å². The first-order valence-corrected chi connectivity index (χ1v) is 8.10. The molecule has 2 fully saturated rings.